The van der Waals surface area contributed by atoms with E-state index in [1.54, 1.807) is 0 Å². The zero-order chi connectivity index (χ0) is 9.52. The minimum absolute atomic E-state index is 0.512. The number of hydrogen-bond acceptors (Lipinski definition) is 3. The summed E-state index contributed by atoms with van der Waals surface area (Å²) in [5, 5.41) is 13.6. The number of nitrogens with one attached hydrogen (secondary N) is 1. The average molecular weight is 195 g/mol. The molecule has 0 aliphatic rings. The van der Waals surface area contributed by atoms with Gasteiger partial charge in [0.25, 0.3) is 0 Å². The average Bonchev–Trinajstić information content (AvgIpc) is 2.19. The molecular weight excluding hydrogens is 182 g/mol. The van der Waals surface area contributed by atoms with E-state index < -0.39 is 6.10 Å². The summed E-state index contributed by atoms with van der Waals surface area (Å²) in [6.07, 6.45) is -0.529. The molecule has 2 N–H and O–H groups in total. The molecule has 13 heavy (non-hydrogen) atoms. The molecule has 0 saturated heterocycles. The summed E-state index contributed by atoms with van der Waals surface area (Å²) in [6.45, 7) is 1.28. The van der Waals surface area contributed by atoms with Crippen LogP contribution in [0, 0.1) is 0 Å². The van der Waals surface area contributed by atoms with Gasteiger partial charge in [0, 0.05) is 18.5 Å². The zero-order valence-electron chi connectivity index (χ0n) is 7.31. The van der Waals surface area contributed by atoms with Gasteiger partial charge in [0.15, 0.2) is 0 Å². The number of benzene rings is 1. The molecule has 1 unspecified atom stereocenters. The molecule has 1 aromatic rings. The van der Waals surface area contributed by atoms with Crippen molar-refractivity contribution in [2.24, 2.45) is 0 Å². The maximum Gasteiger partial charge on any atom is 0.0946 e. The van der Waals surface area contributed by atoms with Gasteiger partial charge in [-0.05, 0) is 5.56 Å². The lowest BCUT2D eigenvalue weighted by atomic mass is 10.2. The SMILES string of the molecule is OC(C=S)CNCc1ccccc1. The predicted molar refractivity (Wildman–Crippen MR) is 57.8 cm³/mol. The molecule has 0 amide bonds. The van der Waals surface area contributed by atoms with Crippen LogP contribution in [0.25, 0.3) is 0 Å². The summed E-state index contributed by atoms with van der Waals surface area (Å²) in [6, 6.07) is 10.0. The second kappa shape index (κ2) is 5.80. The fraction of sp³-hybridized carbons (Fsp3) is 0.300. The quantitative estimate of drug-likeness (QED) is 0.691. The van der Waals surface area contributed by atoms with Gasteiger partial charge in [0.05, 0.1) is 6.10 Å². The van der Waals surface area contributed by atoms with Crippen LogP contribution < -0.4 is 5.32 Å². The van der Waals surface area contributed by atoms with Gasteiger partial charge in [0.1, 0.15) is 0 Å². The van der Waals surface area contributed by atoms with Crippen molar-refractivity contribution >= 4 is 17.6 Å². The topological polar surface area (TPSA) is 32.3 Å². The van der Waals surface area contributed by atoms with Crippen molar-refractivity contribution in [2.75, 3.05) is 6.54 Å². The maximum atomic E-state index is 9.11. The third-order valence-electron chi connectivity index (χ3n) is 1.68. The van der Waals surface area contributed by atoms with Crippen LogP contribution in [-0.2, 0) is 6.54 Å². The Labute approximate surface area is 83.6 Å². The molecule has 2 nitrogen and oxygen atoms in total. The molecule has 0 spiro atoms. The van der Waals surface area contributed by atoms with E-state index in [2.05, 4.69) is 17.5 Å². The smallest absolute Gasteiger partial charge is 0.0946 e. The molecule has 3 heteroatoms. The van der Waals surface area contributed by atoms with Gasteiger partial charge in [-0.25, -0.2) is 0 Å². The Kier molecular flexibility index (Phi) is 4.60. The normalized spacial score (nSPS) is 12.4. The first-order valence-corrected chi connectivity index (χ1v) is 4.68. The summed E-state index contributed by atoms with van der Waals surface area (Å²) < 4.78 is 0. The van der Waals surface area contributed by atoms with Gasteiger partial charge in [0.2, 0.25) is 0 Å². The van der Waals surface area contributed by atoms with E-state index in [0.717, 1.165) is 6.54 Å². The molecule has 0 aliphatic heterocycles. The number of aliphatic hydroxyl groups excluding tert-OH is 1. The molecule has 0 saturated carbocycles. The highest BCUT2D eigenvalue weighted by Gasteiger charge is 1.97. The number of rotatable bonds is 5. The molecular formula is C10H13NOS. The Morgan fingerprint density at radius 3 is 2.69 bits per heavy atom. The first kappa shape index (κ1) is 10.3. The first-order chi connectivity index (χ1) is 6.33. The minimum atomic E-state index is -0.529. The van der Waals surface area contributed by atoms with E-state index >= 15 is 0 Å². The van der Waals surface area contributed by atoms with Crippen LogP contribution in [0.2, 0.25) is 0 Å². The third kappa shape index (κ3) is 4.12. The summed E-state index contributed by atoms with van der Waals surface area (Å²) in [5.74, 6) is 0. The van der Waals surface area contributed by atoms with Crippen molar-refractivity contribution in [3.8, 4) is 0 Å². The van der Waals surface area contributed by atoms with Crippen molar-refractivity contribution in [2.45, 2.75) is 12.6 Å². The number of hydrogen-bond donors (Lipinski definition) is 2. The lowest BCUT2D eigenvalue weighted by Gasteiger charge is -2.06. The van der Waals surface area contributed by atoms with Crippen LogP contribution >= 0.6 is 12.2 Å². The van der Waals surface area contributed by atoms with Crippen molar-refractivity contribution in [1.29, 1.82) is 0 Å². The highest BCUT2D eigenvalue weighted by atomic mass is 32.1. The Balaban J connectivity index is 2.24. The van der Waals surface area contributed by atoms with E-state index in [1.165, 1.54) is 10.9 Å². The zero-order valence-corrected chi connectivity index (χ0v) is 8.13. The predicted octanol–water partition coefficient (Wildman–Crippen LogP) is 1.14. The number of aliphatic hydroxyl groups is 1. The fourth-order valence-corrected chi connectivity index (χ4v) is 1.10. The lowest BCUT2D eigenvalue weighted by molar-refractivity contribution is 0.243. The standard InChI is InChI=1S/C10H13NOS/c12-10(8-13)7-11-6-9-4-2-1-3-5-9/h1-5,8,10-12H,6-7H2. The highest BCUT2D eigenvalue weighted by Crippen LogP contribution is 1.96. The van der Waals surface area contributed by atoms with Crippen molar-refractivity contribution < 1.29 is 5.11 Å². The van der Waals surface area contributed by atoms with Crippen molar-refractivity contribution in [3.05, 3.63) is 35.9 Å². The molecule has 0 fully saturated rings. The van der Waals surface area contributed by atoms with Crippen LogP contribution in [0.5, 0.6) is 0 Å². The molecule has 1 rings (SSSR count). The van der Waals surface area contributed by atoms with Crippen LogP contribution in [0.15, 0.2) is 30.3 Å². The van der Waals surface area contributed by atoms with Crippen molar-refractivity contribution in [1.82, 2.24) is 5.32 Å². The molecule has 1 atom stereocenters. The van der Waals surface area contributed by atoms with Crippen LogP contribution in [0.3, 0.4) is 0 Å². The molecule has 0 aliphatic carbocycles. The number of thiocarbonyl (C=S) groups is 1. The third-order valence-corrected chi connectivity index (χ3v) is 2.00. The largest absolute Gasteiger partial charge is 0.387 e. The summed E-state index contributed by atoms with van der Waals surface area (Å²) in [5.41, 5.74) is 1.21. The van der Waals surface area contributed by atoms with Crippen LogP contribution in [-0.4, -0.2) is 23.1 Å². The van der Waals surface area contributed by atoms with E-state index in [1.807, 2.05) is 30.3 Å². The van der Waals surface area contributed by atoms with E-state index in [9.17, 15) is 0 Å². The van der Waals surface area contributed by atoms with Gasteiger partial charge in [-0.2, -0.15) is 0 Å². The van der Waals surface area contributed by atoms with Crippen LogP contribution in [0.4, 0.5) is 0 Å². The summed E-state index contributed by atoms with van der Waals surface area (Å²) in [7, 11) is 0. The van der Waals surface area contributed by atoms with Gasteiger partial charge >= 0.3 is 0 Å². The van der Waals surface area contributed by atoms with Gasteiger partial charge in [-0.15, -0.1) is 0 Å². The lowest BCUT2D eigenvalue weighted by Crippen LogP contribution is -2.26. The highest BCUT2D eigenvalue weighted by molar-refractivity contribution is 7.79. The molecule has 0 aromatic heterocycles. The summed E-state index contributed by atoms with van der Waals surface area (Å²) in [4.78, 5) is 0. The molecule has 0 bridgehead atoms. The first-order valence-electron chi connectivity index (χ1n) is 4.21. The van der Waals surface area contributed by atoms with Gasteiger partial charge < -0.3 is 10.4 Å². The Bertz CT molecular complexity index is 250. The molecule has 0 heterocycles. The Hall–Kier alpha value is -0.770. The second-order valence-corrected chi connectivity index (χ2v) is 3.09. The van der Waals surface area contributed by atoms with Crippen molar-refractivity contribution in [3.63, 3.8) is 0 Å². The van der Waals surface area contributed by atoms with Gasteiger partial charge in [-0.1, -0.05) is 42.5 Å². The minimum Gasteiger partial charge on any atom is -0.387 e. The van der Waals surface area contributed by atoms with Crippen LogP contribution in [0.1, 0.15) is 5.56 Å². The monoisotopic (exact) mass is 195 g/mol. The van der Waals surface area contributed by atoms with E-state index in [4.69, 9.17) is 5.11 Å². The molecule has 0 radical (unpaired) electrons. The Morgan fingerprint density at radius 1 is 1.38 bits per heavy atom. The van der Waals surface area contributed by atoms with E-state index in [0.29, 0.717) is 6.54 Å². The maximum absolute atomic E-state index is 9.11. The van der Waals surface area contributed by atoms with Gasteiger partial charge in [-0.3, -0.25) is 0 Å². The Morgan fingerprint density at radius 2 is 2.08 bits per heavy atom. The fourth-order valence-electron chi connectivity index (χ4n) is 1.01. The summed E-state index contributed by atoms with van der Waals surface area (Å²) >= 11 is 4.59. The molecule has 70 valence electrons. The second-order valence-electron chi connectivity index (χ2n) is 2.82. The molecule has 1 aromatic carbocycles. The van der Waals surface area contributed by atoms with E-state index in [-0.39, 0.29) is 0 Å².